The average Bonchev–Trinajstić information content (AvgIpc) is 2.37. The molecule has 0 aliphatic carbocycles. The van der Waals surface area contributed by atoms with Crippen LogP contribution in [-0.4, -0.2) is 42.6 Å². The van der Waals surface area contributed by atoms with Crippen LogP contribution in [0.1, 0.15) is 12.8 Å². The van der Waals surface area contributed by atoms with Gasteiger partial charge in [-0.25, -0.2) is 8.78 Å². The summed E-state index contributed by atoms with van der Waals surface area (Å²) in [6.45, 7) is -0.665. The van der Waals surface area contributed by atoms with Crippen LogP contribution in [0.15, 0.2) is 0 Å². The zero-order chi connectivity index (χ0) is 18.9. The standard InChI is InChI=1S/C9H7F12IO/c10-4(11)6(14,15)8(18,19)9(20,21)7(16,17)5(12,13)2-1-3-23-22/h4H,1-3H2. The molecule has 0 fully saturated rings. The molecule has 0 rings (SSSR count). The van der Waals surface area contributed by atoms with Crippen molar-refractivity contribution in [3.63, 3.8) is 0 Å². The Morgan fingerprint density at radius 1 is 0.739 bits per heavy atom. The van der Waals surface area contributed by atoms with E-state index >= 15 is 0 Å². The van der Waals surface area contributed by atoms with E-state index in [4.69, 9.17) is 0 Å². The molecule has 0 bridgehead atoms. The fourth-order valence-corrected chi connectivity index (χ4v) is 1.59. The van der Waals surface area contributed by atoms with E-state index in [1.165, 1.54) is 0 Å². The van der Waals surface area contributed by atoms with Crippen LogP contribution in [-0.2, 0) is 3.07 Å². The van der Waals surface area contributed by atoms with E-state index < -0.39 is 55.5 Å². The van der Waals surface area contributed by atoms with Gasteiger partial charge < -0.3 is 3.07 Å². The second kappa shape index (κ2) is 7.00. The molecule has 14 heteroatoms. The first-order valence-corrected chi connectivity index (χ1v) is 6.29. The summed E-state index contributed by atoms with van der Waals surface area (Å²) >= 11 is 1.12. The van der Waals surface area contributed by atoms with Crippen LogP contribution in [0.3, 0.4) is 0 Å². The quantitative estimate of drug-likeness (QED) is 0.235. The summed E-state index contributed by atoms with van der Waals surface area (Å²) in [6.07, 6.45) is -8.63. The second-order valence-corrected chi connectivity index (χ2v) is 4.89. The van der Waals surface area contributed by atoms with Crippen molar-refractivity contribution >= 4 is 23.0 Å². The van der Waals surface area contributed by atoms with Gasteiger partial charge in [0, 0.05) is 6.42 Å². The molecule has 0 heterocycles. The monoisotopic (exact) mass is 486 g/mol. The highest BCUT2D eigenvalue weighted by Gasteiger charge is 2.87. The highest BCUT2D eigenvalue weighted by Crippen LogP contribution is 2.58. The molecule has 23 heavy (non-hydrogen) atoms. The minimum absolute atomic E-state index is 0.665. The molecule has 1 nitrogen and oxygen atoms in total. The Morgan fingerprint density at radius 2 is 1.17 bits per heavy atom. The number of halogens is 13. The van der Waals surface area contributed by atoms with Crippen LogP contribution in [0.5, 0.6) is 0 Å². The summed E-state index contributed by atoms with van der Waals surface area (Å²) in [6, 6.07) is 0. The lowest BCUT2D eigenvalue weighted by Crippen LogP contribution is -2.68. The van der Waals surface area contributed by atoms with Gasteiger partial charge in [-0.05, 0) is 6.42 Å². The predicted molar refractivity (Wildman–Crippen MR) is 59.9 cm³/mol. The SMILES string of the molecule is FC(F)C(F)(F)C(F)(F)C(F)(F)C(F)(F)C(F)(F)CCCOI. The highest BCUT2D eigenvalue weighted by molar-refractivity contribution is 14.1. The summed E-state index contributed by atoms with van der Waals surface area (Å²) in [5.74, 6) is -34.7. The molecule has 0 amide bonds. The molecule has 140 valence electrons. The normalized spacial score (nSPS) is 15.4. The van der Waals surface area contributed by atoms with E-state index in [1.807, 2.05) is 0 Å². The lowest BCUT2D eigenvalue weighted by molar-refractivity contribution is -0.413. The summed E-state index contributed by atoms with van der Waals surface area (Å²) < 4.78 is 157. The van der Waals surface area contributed by atoms with Crippen molar-refractivity contribution in [3.05, 3.63) is 0 Å². The number of hydrogen-bond acceptors (Lipinski definition) is 1. The van der Waals surface area contributed by atoms with E-state index in [2.05, 4.69) is 3.07 Å². The fraction of sp³-hybridized carbons (Fsp3) is 1.00. The van der Waals surface area contributed by atoms with E-state index in [0.717, 1.165) is 23.0 Å². The minimum Gasteiger partial charge on any atom is -0.316 e. The molecule has 0 unspecified atom stereocenters. The molecule has 0 aliphatic rings. The van der Waals surface area contributed by atoms with Crippen LogP contribution in [0.4, 0.5) is 52.7 Å². The summed E-state index contributed by atoms with van der Waals surface area (Å²) in [7, 11) is 0. The van der Waals surface area contributed by atoms with Crippen molar-refractivity contribution < 1.29 is 55.8 Å². The maximum absolute atomic E-state index is 13.1. The van der Waals surface area contributed by atoms with Gasteiger partial charge in [-0.1, -0.05) is 0 Å². The van der Waals surface area contributed by atoms with Gasteiger partial charge in [0.15, 0.2) is 0 Å². The Morgan fingerprint density at radius 3 is 1.52 bits per heavy atom. The van der Waals surface area contributed by atoms with Crippen molar-refractivity contribution in [2.24, 2.45) is 0 Å². The minimum atomic E-state index is -7.45. The van der Waals surface area contributed by atoms with Gasteiger partial charge in [0.1, 0.15) is 23.0 Å². The molecular formula is C9H7F12IO. The van der Waals surface area contributed by atoms with Crippen LogP contribution < -0.4 is 0 Å². The van der Waals surface area contributed by atoms with Crippen LogP contribution in [0, 0.1) is 0 Å². The van der Waals surface area contributed by atoms with Gasteiger partial charge in [0.05, 0.1) is 6.61 Å². The molecule has 0 aromatic carbocycles. The first-order chi connectivity index (χ1) is 10.0. The summed E-state index contributed by atoms with van der Waals surface area (Å²) in [4.78, 5) is 0. The van der Waals surface area contributed by atoms with Crippen molar-refractivity contribution in [2.45, 2.75) is 48.9 Å². The second-order valence-electron chi connectivity index (χ2n) is 4.27. The molecule has 0 N–H and O–H groups in total. The van der Waals surface area contributed by atoms with Gasteiger partial charge >= 0.3 is 36.0 Å². The van der Waals surface area contributed by atoms with Crippen molar-refractivity contribution in [3.8, 4) is 0 Å². The van der Waals surface area contributed by atoms with Gasteiger partial charge in [-0.2, -0.15) is 43.9 Å². The summed E-state index contributed by atoms with van der Waals surface area (Å²) in [5, 5.41) is 0. The Labute approximate surface area is 135 Å². The maximum atomic E-state index is 13.1. The average molecular weight is 486 g/mol. The van der Waals surface area contributed by atoms with Crippen molar-refractivity contribution in [2.75, 3.05) is 6.61 Å². The lowest BCUT2D eigenvalue weighted by Gasteiger charge is -2.39. The zero-order valence-electron chi connectivity index (χ0n) is 10.5. The third-order valence-electron chi connectivity index (χ3n) is 2.65. The predicted octanol–water partition coefficient (Wildman–Crippen LogP) is 5.57. The first kappa shape index (κ1) is 22.9. The van der Waals surface area contributed by atoms with E-state index in [1.54, 1.807) is 0 Å². The first-order valence-electron chi connectivity index (χ1n) is 5.41. The highest BCUT2D eigenvalue weighted by atomic mass is 127. The molecule has 0 saturated carbocycles. The zero-order valence-corrected chi connectivity index (χ0v) is 12.7. The van der Waals surface area contributed by atoms with Gasteiger partial charge in [0.25, 0.3) is 0 Å². The van der Waals surface area contributed by atoms with Crippen molar-refractivity contribution in [1.82, 2.24) is 0 Å². The smallest absolute Gasteiger partial charge is 0.316 e. The molecule has 0 aromatic rings. The topological polar surface area (TPSA) is 9.23 Å². The molecule has 0 spiro atoms. The Kier molecular flexibility index (Phi) is 6.95. The molecular weight excluding hydrogens is 479 g/mol. The van der Waals surface area contributed by atoms with E-state index in [-0.39, 0.29) is 0 Å². The number of rotatable bonds is 9. The Bertz CT molecular complexity index is 396. The third-order valence-corrected chi connectivity index (χ3v) is 3.09. The van der Waals surface area contributed by atoms with Gasteiger partial charge in [-0.3, -0.25) is 0 Å². The number of hydrogen-bond donors (Lipinski definition) is 0. The largest absolute Gasteiger partial charge is 0.384 e. The van der Waals surface area contributed by atoms with Crippen LogP contribution in [0.25, 0.3) is 0 Å². The Hall–Kier alpha value is -0.150. The fourth-order valence-electron chi connectivity index (χ4n) is 1.28. The van der Waals surface area contributed by atoms with Gasteiger partial charge in [0.2, 0.25) is 0 Å². The van der Waals surface area contributed by atoms with Gasteiger partial charge in [-0.15, -0.1) is 0 Å². The number of alkyl halides is 12. The van der Waals surface area contributed by atoms with E-state index in [0.29, 0.717) is 0 Å². The van der Waals surface area contributed by atoms with Crippen LogP contribution >= 0.6 is 23.0 Å². The van der Waals surface area contributed by atoms with E-state index in [9.17, 15) is 52.7 Å². The summed E-state index contributed by atoms with van der Waals surface area (Å²) in [5.41, 5.74) is 0. The van der Waals surface area contributed by atoms with Crippen molar-refractivity contribution in [1.29, 1.82) is 0 Å². The molecule has 0 saturated heterocycles. The lowest BCUT2D eigenvalue weighted by atomic mass is 9.92. The molecule has 0 radical (unpaired) electrons. The molecule has 0 atom stereocenters. The molecule has 0 aliphatic heterocycles. The molecule has 0 aromatic heterocycles. The Balaban J connectivity index is 5.77. The third kappa shape index (κ3) is 3.76. The van der Waals surface area contributed by atoms with Crippen LogP contribution in [0.2, 0.25) is 0 Å². The maximum Gasteiger partial charge on any atom is 0.384 e.